The molecule has 0 aromatic heterocycles. The first-order valence-electron chi connectivity index (χ1n) is 5.90. The molecular weight excluding hydrogens is 208 g/mol. The molecule has 3 heteroatoms. The average molecular weight is 225 g/mol. The van der Waals surface area contributed by atoms with Crippen LogP contribution in [0.2, 0.25) is 0 Å². The Kier molecular flexibility index (Phi) is 3.42. The number of piperidine rings is 1. The average Bonchev–Trinajstić information content (AvgIpc) is 2.32. The summed E-state index contributed by atoms with van der Waals surface area (Å²) in [6.45, 7) is 3.82. The van der Waals surface area contributed by atoms with Gasteiger partial charge in [-0.25, -0.2) is 8.78 Å². The molecule has 0 amide bonds. The van der Waals surface area contributed by atoms with Crippen molar-refractivity contribution in [2.45, 2.75) is 26.2 Å². The van der Waals surface area contributed by atoms with Gasteiger partial charge in [0.15, 0.2) is 0 Å². The maximum Gasteiger partial charge on any atom is 0.146 e. The second kappa shape index (κ2) is 4.81. The van der Waals surface area contributed by atoms with Gasteiger partial charge in [-0.05, 0) is 30.9 Å². The Bertz CT molecular complexity index is 365. The number of anilines is 1. The van der Waals surface area contributed by atoms with E-state index in [1.807, 2.05) is 4.90 Å². The zero-order valence-corrected chi connectivity index (χ0v) is 9.55. The van der Waals surface area contributed by atoms with Gasteiger partial charge in [0.25, 0.3) is 0 Å². The summed E-state index contributed by atoms with van der Waals surface area (Å²) in [4.78, 5) is 1.97. The molecule has 1 unspecified atom stereocenters. The number of nitrogens with zero attached hydrogens (tertiary/aromatic N) is 1. The van der Waals surface area contributed by atoms with Gasteiger partial charge in [0.05, 0.1) is 5.69 Å². The van der Waals surface area contributed by atoms with Crippen LogP contribution in [0.15, 0.2) is 18.2 Å². The summed E-state index contributed by atoms with van der Waals surface area (Å²) in [5, 5.41) is 0. The summed E-state index contributed by atoms with van der Waals surface area (Å²) >= 11 is 0. The van der Waals surface area contributed by atoms with E-state index in [9.17, 15) is 8.78 Å². The van der Waals surface area contributed by atoms with Crippen LogP contribution in [0.4, 0.5) is 14.5 Å². The topological polar surface area (TPSA) is 3.24 Å². The molecule has 88 valence electrons. The Morgan fingerprint density at radius 3 is 2.94 bits per heavy atom. The van der Waals surface area contributed by atoms with E-state index in [0.29, 0.717) is 11.6 Å². The Labute approximate surface area is 95.1 Å². The molecule has 1 aliphatic rings. The molecule has 0 aliphatic carbocycles. The fraction of sp³-hybridized carbons (Fsp3) is 0.538. The summed E-state index contributed by atoms with van der Waals surface area (Å²) in [5.41, 5.74) is 0.415. The van der Waals surface area contributed by atoms with Crippen molar-refractivity contribution in [2.75, 3.05) is 18.0 Å². The summed E-state index contributed by atoms with van der Waals surface area (Å²) in [5.74, 6) is -0.0791. The molecule has 1 atom stereocenters. The van der Waals surface area contributed by atoms with Crippen LogP contribution in [-0.2, 0) is 0 Å². The molecule has 2 rings (SSSR count). The van der Waals surface area contributed by atoms with Crippen LogP contribution in [-0.4, -0.2) is 13.1 Å². The highest BCUT2D eigenvalue weighted by atomic mass is 19.1. The molecule has 0 N–H and O–H groups in total. The molecule has 0 saturated carbocycles. The minimum atomic E-state index is -0.366. The van der Waals surface area contributed by atoms with Crippen molar-refractivity contribution in [3.05, 3.63) is 29.8 Å². The van der Waals surface area contributed by atoms with E-state index in [1.54, 1.807) is 0 Å². The van der Waals surface area contributed by atoms with E-state index >= 15 is 0 Å². The Hall–Kier alpha value is -1.12. The van der Waals surface area contributed by atoms with Crippen molar-refractivity contribution in [3.63, 3.8) is 0 Å². The van der Waals surface area contributed by atoms with Gasteiger partial charge in [-0.2, -0.15) is 0 Å². The highest BCUT2D eigenvalue weighted by Crippen LogP contribution is 2.27. The molecule has 0 spiro atoms. The largest absolute Gasteiger partial charge is 0.369 e. The highest BCUT2D eigenvalue weighted by Gasteiger charge is 2.21. The number of benzene rings is 1. The van der Waals surface area contributed by atoms with Crippen LogP contribution in [0.5, 0.6) is 0 Å². The third-order valence-electron chi connectivity index (χ3n) is 3.35. The zero-order chi connectivity index (χ0) is 11.5. The third kappa shape index (κ3) is 2.34. The molecule has 0 bridgehead atoms. The van der Waals surface area contributed by atoms with Crippen molar-refractivity contribution in [1.29, 1.82) is 0 Å². The van der Waals surface area contributed by atoms with E-state index in [4.69, 9.17) is 0 Å². The maximum absolute atomic E-state index is 13.6. The Morgan fingerprint density at radius 1 is 1.38 bits per heavy atom. The molecule has 1 aliphatic heterocycles. The summed E-state index contributed by atoms with van der Waals surface area (Å²) in [6, 6.07) is 3.67. The van der Waals surface area contributed by atoms with Crippen molar-refractivity contribution >= 4 is 5.69 Å². The molecular formula is C13H17F2N. The van der Waals surface area contributed by atoms with Gasteiger partial charge in [0, 0.05) is 19.2 Å². The highest BCUT2D eigenvalue weighted by molar-refractivity contribution is 5.48. The molecule has 1 heterocycles. The van der Waals surface area contributed by atoms with Gasteiger partial charge >= 0.3 is 0 Å². The molecule has 1 aromatic carbocycles. The molecule has 0 radical (unpaired) electrons. The van der Waals surface area contributed by atoms with Crippen LogP contribution < -0.4 is 4.90 Å². The normalized spacial score (nSPS) is 21.2. The van der Waals surface area contributed by atoms with Crippen LogP contribution in [0.3, 0.4) is 0 Å². The second-order valence-electron chi connectivity index (χ2n) is 4.46. The number of hydrogen-bond donors (Lipinski definition) is 0. The van der Waals surface area contributed by atoms with Gasteiger partial charge < -0.3 is 4.90 Å². The first-order valence-corrected chi connectivity index (χ1v) is 5.90. The number of halogens is 2. The predicted octanol–water partition coefficient (Wildman–Crippen LogP) is 3.59. The van der Waals surface area contributed by atoms with Crippen molar-refractivity contribution in [3.8, 4) is 0 Å². The van der Waals surface area contributed by atoms with Crippen LogP contribution in [0.1, 0.15) is 26.2 Å². The van der Waals surface area contributed by atoms with Crippen LogP contribution >= 0.6 is 0 Å². The van der Waals surface area contributed by atoms with Gasteiger partial charge in [-0.15, -0.1) is 0 Å². The van der Waals surface area contributed by atoms with Gasteiger partial charge in [-0.3, -0.25) is 0 Å². The molecule has 16 heavy (non-hydrogen) atoms. The zero-order valence-electron chi connectivity index (χ0n) is 9.55. The lowest BCUT2D eigenvalue weighted by Gasteiger charge is -2.34. The van der Waals surface area contributed by atoms with Crippen molar-refractivity contribution in [2.24, 2.45) is 5.92 Å². The van der Waals surface area contributed by atoms with Gasteiger partial charge in [0.1, 0.15) is 11.6 Å². The second-order valence-corrected chi connectivity index (χ2v) is 4.46. The Balaban J connectivity index is 2.19. The van der Waals surface area contributed by atoms with E-state index in [2.05, 4.69) is 6.92 Å². The van der Waals surface area contributed by atoms with E-state index in [-0.39, 0.29) is 11.6 Å². The summed E-state index contributed by atoms with van der Waals surface area (Å²) in [7, 11) is 0. The summed E-state index contributed by atoms with van der Waals surface area (Å²) in [6.07, 6.45) is 3.37. The van der Waals surface area contributed by atoms with E-state index in [1.165, 1.54) is 24.6 Å². The standard InChI is InChI=1S/C13H17F2N/c1-2-10-4-3-7-16(9-10)13-8-11(14)5-6-12(13)15/h5-6,8,10H,2-4,7,9H2,1H3. The van der Waals surface area contributed by atoms with E-state index in [0.717, 1.165) is 25.9 Å². The lowest BCUT2D eigenvalue weighted by atomic mass is 9.95. The first kappa shape index (κ1) is 11.4. The first-order chi connectivity index (χ1) is 7.70. The lowest BCUT2D eigenvalue weighted by molar-refractivity contribution is 0.401. The predicted molar refractivity (Wildman–Crippen MR) is 61.6 cm³/mol. The SMILES string of the molecule is CCC1CCCN(c2cc(F)ccc2F)C1. The fourth-order valence-electron chi connectivity index (χ4n) is 2.35. The monoisotopic (exact) mass is 225 g/mol. The molecule has 1 fully saturated rings. The van der Waals surface area contributed by atoms with Crippen molar-refractivity contribution < 1.29 is 8.78 Å². The number of hydrogen-bond acceptors (Lipinski definition) is 1. The smallest absolute Gasteiger partial charge is 0.146 e. The van der Waals surface area contributed by atoms with Crippen LogP contribution in [0.25, 0.3) is 0 Å². The Morgan fingerprint density at radius 2 is 2.19 bits per heavy atom. The quantitative estimate of drug-likeness (QED) is 0.743. The molecule has 1 saturated heterocycles. The minimum absolute atomic E-state index is 0.321. The van der Waals surface area contributed by atoms with Gasteiger partial charge in [-0.1, -0.05) is 13.3 Å². The van der Waals surface area contributed by atoms with Crippen molar-refractivity contribution in [1.82, 2.24) is 0 Å². The number of rotatable bonds is 2. The molecule has 1 nitrogen and oxygen atoms in total. The maximum atomic E-state index is 13.6. The minimum Gasteiger partial charge on any atom is -0.369 e. The fourth-order valence-corrected chi connectivity index (χ4v) is 2.35. The van der Waals surface area contributed by atoms with Gasteiger partial charge in [0.2, 0.25) is 0 Å². The lowest BCUT2D eigenvalue weighted by Crippen LogP contribution is -2.35. The summed E-state index contributed by atoms with van der Waals surface area (Å²) < 4.78 is 26.7. The van der Waals surface area contributed by atoms with Crippen LogP contribution in [0, 0.1) is 17.6 Å². The molecule has 1 aromatic rings. The third-order valence-corrected chi connectivity index (χ3v) is 3.35. The van der Waals surface area contributed by atoms with E-state index < -0.39 is 0 Å².